The Kier molecular flexibility index (Phi) is 8.04. The molecule has 1 unspecified atom stereocenters. The maximum absolute atomic E-state index is 13.3. The number of amides is 2. The van der Waals surface area contributed by atoms with E-state index in [2.05, 4.69) is 11.2 Å². The van der Waals surface area contributed by atoms with E-state index in [1.807, 2.05) is 6.07 Å². The van der Waals surface area contributed by atoms with Gasteiger partial charge in [0.25, 0.3) is 5.91 Å². The molecule has 0 radical (unpaired) electrons. The average molecular weight is 501 g/mol. The summed E-state index contributed by atoms with van der Waals surface area (Å²) >= 11 is 6.12. The molecule has 2 amide bonds. The SMILES string of the molecule is C#CCOc1cc(NC(=O)C2CCCN(C(=O)c3cccc(C(=O)c4ccccc4)c3)C2)ccc1Cl. The molecule has 1 fully saturated rings. The summed E-state index contributed by atoms with van der Waals surface area (Å²) in [5.74, 6) is 1.86. The monoisotopic (exact) mass is 500 g/mol. The number of benzene rings is 3. The van der Waals surface area contributed by atoms with Crippen molar-refractivity contribution in [2.24, 2.45) is 5.92 Å². The first-order valence-corrected chi connectivity index (χ1v) is 12.0. The number of anilines is 1. The van der Waals surface area contributed by atoms with E-state index < -0.39 is 0 Å². The van der Waals surface area contributed by atoms with E-state index in [1.165, 1.54) is 0 Å². The molecule has 1 atom stereocenters. The minimum Gasteiger partial charge on any atom is -0.479 e. The number of carbonyl (C=O) groups excluding carboxylic acids is 3. The van der Waals surface area contributed by atoms with Gasteiger partial charge in [0.1, 0.15) is 12.4 Å². The molecule has 0 saturated carbocycles. The molecular formula is C29H25ClN2O4. The van der Waals surface area contributed by atoms with Gasteiger partial charge in [0.05, 0.1) is 10.9 Å². The van der Waals surface area contributed by atoms with Gasteiger partial charge in [-0.3, -0.25) is 14.4 Å². The molecule has 1 aliphatic rings. The van der Waals surface area contributed by atoms with E-state index in [0.717, 1.165) is 0 Å². The quantitative estimate of drug-likeness (QED) is 0.363. The molecule has 182 valence electrons. The van der Waals surface area contributed by atoms with E-state index in [9.17, 15) is 14.4 Å². The normalized spacial score (nSPS) is 15.0. The maximum Gasteiger partial charge on any atom is 0.253 e. The fourth-order valence-corrected chi connectivity index (χ4v) is 4.34. The number of carbonyl (C=O) groups is 3. The maximum atomic E-state index is 13.3. The van der Waals surface area contributed by atoms with Gasteiger partial charge in [-0.15, -0.1) is 6.42 Å². The van der Waals surface area contributed by atoms with Crippen LogP contribution in [-0.2, 0) is 4.79 Å². The Morgan fingerprint density at radius 3 is 2.53 bits per heavy atom. The number of hydrogen-bond donors (Lipinski definition) is 1. The van der Waals surface area contributed by atoms with Crippen molar-refractivity contribution in [2.45, 2.75) is 12.8 Å². The van der Waals surface area contributed by atoms with Crippen LogP contribution in [0.3, 0.4) is 0 Å². The number of terminal acetylenes is 1. The predicted octanol–water partition coefficient (Wildman–Crippen LogP) is 5.07. The molecule has 0 aromatic heterocycles. The number of ketones is 1. The molecule has 1 N–H and O–H groups in total. The fraction of sp³-hybridized carbons (Fsp3) is 0.207. The van der Waals surface area contributed by atoms with Crippen molar-refractivity contribution in [3.05, 3.63) is 94.5 Å². The molecule has 3 aromatic carbocycles. The lowest BCUT2D eigenvalue weighted by Gasteiger charge is -2.32. The Morgan fingerprint density at radius 1 is 1.00 bits per heavy atom. The van der Waals surface area contributed by atoms with E-state index in [-0.39, 0.29) is 36.7 Å². The highest BCUT2D eigenvalue weighted by Crippen LogP contribution is 2.29. The smallest absolute Gasteiger partial charge is 0.253 e. The number of nitrogens with zero attached hydrogens (tertiary/aromatic N) is 1. The molecule has 0 aliphatic carbocycles. The first kappa shape index (κ1) is 25.0. The topological polar surface area (TPSA) is 75.7 Å². The highest BCUT2D eigenvalue weighted by molar-refractivity contribution is 6.32. The minimum atomic E-state index is -0.373. The Morgan fingerprint density at radius 2 is 1.75 bits per heavy atom. The number of piperidine rings is 1. The van der Waals surface area contributed by atoms with Crippen LogP contribution in [0.5, 0.6) is 5.75 Å². The predicted molar refractivity (Wildman–Crippen MR) is 139 cm³/mol. The minimum absolute atomic E-state index is 0.0644. The van der Waals surface area contributed by atoms with Gasteiger partial charge in [-0.25, -0.2) is 0 Å². The Labute approximate surface area is 215 Å². The first-order valence-electron chi connectivity index (χ1n) is 11.6. The standard InChI is InChI=1S/C29H25ClN2O4/c1-2-16-36-26-18-24(13-14-25(26)30)31-28(34)23-12-7-15-32(19-23)29(35)22-11-6-10-21(17-22)27(33)20-8-4-3-5-9-20/h1,3-6,8-11,13-14,17-18,23H,7,12,15-16,19H2,(H,31,34). The molecule has 4 rings (SSSR count). The van der Waals surface area contributed by atoms with Crippen LogP contribution >= 0.6 is 11.6 Å². The highest BCUT2D eigenvalue weighted by atomic mass is 35.5. The number of nitrogens with one attached hydrogen (secondary N) is 1. The van der Waals surface area contributed by atoms with Crippen LogP contribution < -0.4 is 10.1 Å². The molecule has 6 nitrogen and oxygen atoms in total. The largest absolute Gasteiger partial charge is 0.479 e. The number of hydrogen-bond acceptors (Lipinski definition) is 4. The van der Waals surface area contributed by atoms with Crippen LogP contribution in [0.4, 0.5) is 5.69 Å². The molecule has 36 heavy (non-hydrogen) atoms. The van der Waals surface area contributed by atoms with E-state index in [1.54, 1.807) is 71.6 Å². The summed E-state index contributed by atoms with van der Waals surface area (Å²) in [5.41, 5.74) is 1.97. The lowest BCUT2D eigenvalue weighted by atomic mass is 9.95. The van der Waals surface area contributed by atoms with Crippen LogP contribution in [-0.4, -0.2) is 42.2 Å². The zero-order valence-electron chi connectivity index (χ0n) is 19.6. The van der Waals surface area contributed by atoms with E-state index in [4.69, 9.17) is 22.8 Å². The molecule has 7 heteroatoms. The summed E-state index contributed by atoms with van der Waals surface area (Å²) in [6.45, 7) is 0.898. The number of ether oxygens (including phenoxy) is 1. The number of halogens is 1. The van der Waals surface area contributed by atoms with Crippen molar-refractivity contribution < 1.29 is 19.1 Å². The summed E-state index contributed by atoms with van der Waals surface area (Å²) in [6.07, 6.45) is 6.60. The molecule has 1 aliphatic heterocycles. The first-order chi connectivity index (χ1) is 17.5. The highest BCUT2D eigenvalue weighted by Gasteiger charge is 2.29. The summed E-state index contributed by atoms with van der Waals surface area (Å²) in [6, 6.07) is 20.6. The van der Waals surface area contributed by atoms with Crippen molar-refractivity contribution >= 4 is 34.9 Å². The van der Waals surface area contributed by atoms with Gasteiger partial charge in [0.2, 0.25) is 5.91 Å². The van der Waals surface area contributed by atoms with Gasteiger partial charge < -0.3 is 15.0 Å². The van der Waals surface area contributed by atoms with Crippen molar-refractivity contribution in [1.82, 2.24) is 4.90 Å². The second-order valence-corrected chi connectivity index (χ2v) is 8.90. The van der Waals surface area contributed by atoms with Crippen LogP contribution in [0.15, 0.2) is 72.8 Å². The average Bonchev–Trinajstić information content (AvgIpc) is 2.93. The molecule has 1 saturated heterocycles. The summed E-state index contributed by atoms with van der Waals surface area (Å²) in [5, 5.41) is 3.28. The zero-order valence-corrected chi connectivity index (χ0v) is 20.3. The van der Waals surface area contributed by atoms with Crippen molar-refractivity contribution in [1.29, 1.82) is 0 Å². The van der Waals surface area contributed by atoms with E-state index in [0.29, 0.717) is 52.5 Å². The van der Waals surface area contributed by atoms with Crippen LogP contribution in [0, 0.1) is 18.3 Å². The summed E-state index contributed by atoms with van der Waals surface area (Å²) in [7, 11) is 0. The zero-order chi connectivity index (χ0) is 25.5. The lowest BCUT2D eigenvalue weighted by Crippen LogP contribution is -2.43. The fourth-order valence-electron chi connectivity index (χ4n) is 4.16. The van der Waals surface area contributed by atoms with Gasteiger partial charge in [0.15, 0.2) is 5.78 Å². The van der Waals surface area contributed by atoms with Gasteiger partial charge in [0, 0.05) is 41.5 Å². The van der Waals surface area contributed by atoms with Gasteiger partial charge in [-0.05, 0) is 37.1 Å². The Bertz CT molecular complexity index is 1320. The third-order valence-electron chi connectivity index (χ3n) is 6.00. The lowest BCUT2D eigenvalue weighted by molar-refractivity contribution is -0.121. The summed E-state index contributed by atoms with van der Waals surface area (Å²) < 4.78 is 5.41. The Hall–Kier alpha value is -4.08. The van der Waals surface area contributed by atoms with Crippen molar-refractivity contribution in [2.75, 3.05) is 25.0 Å². The van der Waals surface area contributed by atoms with Crippen molar-refractivity contribution in [3.8, 4) is 18.1 Å². The second kappa shape index (κ2) is 11.6. The third kappa shape index (κ3) is 5.94. The third-order valence-corrected chi connectivity index (χ3v) is 6.31. The molecule has 0 bridgehead atoms. The van der Waals surface area contributed by atoms with Gasteiger partial charge >= 0.3 is 0 Å². The van der Waals surface area contributed by atoms with Crippen LogP contribution in [0.25, 0.3) is 0 Å². The molecule has 0 spiro atoms. The number of rotatable bonds is 7. The van der Waals surface area contributed by atoms with Gasteiger partial charge in [-0.2, -0.15) is 0 Å². The van der Waals surface area contributed by atoms with E-state index >= 15 is 0 Å². The second-order valence-electron chi connectivity index (χ2n) is 8.49. The number of likely N-dealkylation sites (tertiary alicyclic amines) is 1. The Balaban J connectivity index is 1.43. The summed E-state index contributed by atoms with van der Waals surface area (Å²) in [4.78, 5) is 40.7. The molecule has 1 heterocycles. The van der Waals surface area contributed by atoms with Crippen LogP contribution in [0.2, 0.25) is 5.02 Å². The molecule has 3 aromatic rings. The van der Waals surface area contributed by atoms with Crippen molar-refractivity contribution in [3.63, 3.8) is 0 Å². The molecular weight excluding hydrogens is 476 g/mol. The van der Waals surface area contributed by atoms with Crippen LogP contribution in [0.1, 0.15) is 39.1 Å². The van der Waals surface area contributed by atoms with Gasteiger partial charge in [-0.1, -0.05) is 60.0 Å².